The number of hydrogen-bond donors (Lipinski definition) is 1. The Balaban J connectivity index is 1.52. The first-order valence-corrected chi connectivity index (χ1v) is 10.8. The van der Waals surface area contributed by atoms with Crippen molar-refractivity contribution in [1.82, 2.24) is 14.8 Å². The van der Waals surface area contributed by atoms with E-state index in [9.17, 15) is 14.4 Å². The third-order valence-corrected chi connectivity index (χ3v) is 6.14. The highest BCUT2D eigenvalue weighted by atomic mass is 16.2. The molecule has 158 valence electrons. The van der Waals surface area contributed by atoms with Crippen LogP contribution in [0.4, 0.5) is 0 Å². The minimum atomic E-state index is -0.547. The van der Waals surface area contributed by atoms with Gasteiger partial charge < -0.3 is 14.8 Å². The van der Waals surface area contributed by atoms with Gasteiger partial charge in [-0.3, -0.25) is 14.4 Å². The van der Waals surface area contributed by atoms with E-state index in [1.54, 1.807) is 24.3 Å². The number of fused-ring (bicyclic) bond motifs is 4. The number of aromatic nitrogens is 1. The minimum absolute atomic E-state index is 0.0191. The summed E-state index contributed by atoms with van der Waals surface area (Å²) in [5.74, 6) is 0.474. The Hall–Kier alpha value is -2.89. The molecule has 30 heavy (non-hydrogen) atoms. The highest BCUT2D eigenvalue weighted by Gasteiger charge is 2.38. The van der Waals surface area contributed by atoms with Gasteiger partial charge in [0.05, 0.1) is 0 Å². The van der Waals surface area contributed by atoms with Gasteiger partial charge in [-0.1, -0.05) is 38.1 Å². The average molecular weight is 408 g/mol. The summed E-state index contributed by atoms with van der Waals surface area (Å²) in [5, 5.41) is 2.97. The SMILES string of the molecule is CC(C)C[C@@H](NC(=O)c1ccccc1)C(=O)N1C[C@H]2C[C@H](C1)c1cccc(=O)n1C2. The Bertz CT molecular complexity index is 983. The molecule has 6 heteroatoms. The maximum Gasteiger partial charge on any atom is 0.251 e. The summed E-state index contributed by atoms with van der Waals surface area (Å²) >= 11 is 0. The van der Waals surface area contributed by atoms with Crippen molar-refractivity contribution < 1.29 is 9.59 Å². The number of rotatable bonds is 5. The number of hydrogen-bond acceptors (Lipinski definition) is 3. The van der Waals surface area contributed by atoms with Gasteiger partial charge in [0.1, 0.15) is 6.04 Å². The lowest BCUT2D eigenvalue weighted by molar-refractivity contribution is -0.136. The van der Waals surface area contributed by atoms with E-state index in [2.05, 4.69) is 19.2 Å². The summed E-state index contributed by atoms with van der Waals surface area (Å²) in [4.78, 5) is 40.3. The molecule has 2 aliphatic rings. The lowest BCUT2D eigenvalue weighted by atomic mass is 9.82. The summed E-state index contributed by atoms with van der Waals surface area (Å²) in [6.45, 7) is 5.99. The number of nitrogens with zero attached hydrogens (tertiary/aromatic N) is 2. The highest BCUT2D eigenvalue weighted by Crippen LogP contribution is 2.35. The molecule has 4 rings (SSSR count). The molecule has 0 radical (unpaired) electrons. The van der Waals surface area contributed by atoms with Crippen molar-refractivity contribution >= 4 is 11.8 Å². The number of amides is 2. The largest absolute Gasteiger partial charge is 0.340 e. The fourth-order valence-electron chi connectivity index (χ4n) is 4.82. The zero-order valence-corrected chi connectivity index (χ0v) is 17.6. The molecule has 6 nitrogen and oxygen atoms in total. The average Bonchev–Trinajstić information content (AvgIpc) is 2.73. The molecule has 1 fully saturated rings. The molecule has 1 aromatic heterocycles. The molecular formula is C24H29N3O3. The number of piperidine rings is 1. The highest BCUT2D eigenvalue weighted by molar-refractivity contribution is 5.97. The summed E-state index contributed by atoms with van der Waals surface area (Å²) in [6, 6.07) is 13.9. The molecule has 0 saturated carbocycles. The summed E-state index contributed by atoms with van der Waals surface area (Å²) in [5.41, 5.74) is 1.61. The van der Waals surface area contributed by atoms with E-state index in [1.165, 1.54) is 0 Å². The molecule has 2 aromatic rings. The Labute approximate surface area is 176 Å². The van der Waals surface area contributed by atoms with E-state index >= 15 is 0 Å². The van der Waals surface area contributed by atoms with Gasteiger partial charge >= 0.3 is 0 Å². The first-order chi connectivity index (χ1) is 14.4. The van der Waals surface area contributed by atoms with Crippen LogP contribution < -0.4 is 10.9 Å². The van der Waals surface area contributed by atoms with Crippen molar-refractivity contribution in [2.75, 3.05) is 13.1 Å². The van der Waals surface area contributed by atoms with E-state index < -0.39 is 6.04 Å². The molecule has 1 N–H and O–H groups in total. The van der Waals surface area contributed by atoms with Crippen molar-refractivity contribution in [3.8, 4) is 0 Å². The van der Waals surface area contributed by atoms with E-state index in [0.29, 0.717) is 31.6 Å². The number of pyridine rings is 1. The molecule has 2 bridgehead atoms. The first-order valence-electron chi connectivity index (χ1n) is 10.8. The van der Waals surface area contributed by atoms with Gasteiger partial charge in [-0.25, -0.2) is 0 Å². The summed E-state index contributed by atoms with van der Waals surface area (Å²) in [7, 11) is 0. The van der Waals surface area contributed by atoms with Gasteiger partial charge in [-0.2, -0.15) is 0 Å². The van der Waals surface area contributed by atoms with Crippen LogP contribution in [0, 0.1) is 11.8 Å². The van der Waals surface area contributed by atoms with Gasteiger partial charge in [-0.15, -0.1) is 0 Å². The Morgan fingerprint density at radius 2 is 1.80 bits per heavy atom. The second-order valence-corrected chi connectivity index (χ2v) is 8.96. The predicted molar refractivity (Wildman–Crippen MR) is 115 cm³/mol. The molecule has 3 atom stereocenters. The quantitative estimate of drug-likeness (QED) is 0.828. The molecule has 0 spiro atoms. The van der Waals surface area contributed by atoms with Crippen LogP contribution in [0.25, 0.3) is 0 Å². The molecule has 0 aliphatic carbocycles. The standard InChI is InChI=1S/C24H29N3O3/c1-16(2)11-20(25-23(29)18-7-4-3-5-8-18)24(30)26-13-17-12-19(15-26)21-9-6-10-22(28)27(21)14-17/h3-10,16-17,19-20H,11-15H2,1-2H3,(H,25,29)/t17-,19-,20-/m1/s1. The zero-order valence-electron chi connectivity index (χ0n) is 17.6. The maximum absolute atomic E-state index is 13.5. The first kappa shape index (κ1) is 20.4. The van der Waals surface area contributed by atoms with Crippen molar-refractivity contribution in [3.63, 3.8) is 0 Å². The smallest absolute Gasteiger partial charge is 0.251 e. The van der Waals surface area contributed by atoms with Crippen LogP contribution in [-0.4, -0.2) is 40.4 Å². The van der Waals surface area contributed by atoms with Crippen LogP contribution in [0.1, 0.15) is 48.7 Å². The molecule has 1 saturated heterocycles. The maximum atomic E-state index is 13.5. The number of carbonyl (C=O) groups excluding carboxylic acids is 2. The van der Waals surface area contributed by atoms with E-state index in [-0.39, 0.29) is 35.1 Å². The lowest BCUT2D eigenvalue weighted by Gasteiger charge is -2.43. The van der Waals surface area contributed by atoms with Gasteiger partial charge in [0.25, 0.3) is 11.5 Å². The van der Waals surface area contributed by atoms with Crippen LogP contribution in [0.5, 0.6) is 0 Å². The predicted octanol–water partition coefficient (Wildman–Crippen LogP) is 2.64. The van der Waals surface area contributed by atoms with Gasteiger partial charge in [-0.05, 0) is 42.9 Å². The number of carbonyl (C=O) groups is 2. The van der Waals surface area contributed by atoms with E-state index in [0.717, 1.165) is 12.1 Å². The van der Waals surface area contributed by atoms with Crippen molar-refractivity contribution in [2.45, 2.75) is 45.2 Å². The van der Waals surface area contributed by atoms with Crippen LogP contribution in [0.3, 0.4) is 0 Å². The van der Waals surface area contributed by atoms with E-state index in [1.807, 2.05) is 33.7 Å². The Kier molecular flexibility index (Phi) is 5.75. The third-order valence-electron chi connectivity index (χ3n) is 6.14. The Morgan fingerprint density at radius 3 is 2.53 bits per heavy atom. The molecule has 0 unspecified atom stereocenters. The second kappa shape index (κ2) is 8.46. The lowest BCUT2D eigenvalue weighted by Crippen LogP contribution is -2.55. The van der Waals surface area contributed by atoms with Crippen LogP contribution in [0.2, 0.25) is 0 Å². The third kappa shape index (κ3) is 4.18. The molecule has 3 heterocycles. The molecule has 2 aliphatic heterocycles. The number of benzene rings is 1. The van der Waals surface area contributed by atoms with Crippen molar-refractivity contribution in [3.05, 3.63) is 70.1 Å². The molecule has 1 aromatic carbocycles. The fraction of sp³-hybridized carbons (Fsp3) is 0.458. The molecule has 2 amide bonds. The Morgan fingerprint density at radius 1 is 1.03 bits per heavy atom. The van der Waals surface area contributed by atoms with Crippen molar-refractivity contribution in [2.24, 2.45) is 11.8 Å². The topological polar surface area (TPSA) is 71.4 Å². The zero-order chi connectivity index (χ0) is 21.3. The number of likely N-dealkylation sites (tertiary alicyclic amines) is 1. The second-order valence-electron chi connectivity index (χ2n) is 8.96. The van der Waals surface area contributed by atoms with Crippen LogP contribution in [-0.2, 0) is 11.3 Å². The van der Waals surface area contributed by atoms with Gasteiger partial charge in [0, 0.05) is 42.9 Å². The number of nitrogens with one attached hydrogen (secondary N) is 1. The van der Waals surface area contributed by atoms with E-state index in [4.69, 9.17) is 0 Å². The fourth-order valence-corrected chi connectivity index (χ4v) is 4.82. The van der Waals surface area contributed by atoms with Gasteiger partial charge in [0.15, 0.2) is 0 Å². The monoisotopic (exact) mass is 407 g/mol. The van der Waals surface area contributed by atoms with Gasteiger partial charge in [0.2, 0.25) is 5.91 Å². The summed E-state index contributed by atoms with van der Waals surface area (Å²) < 4.78 is 1.86. The summed E-state index contributed by atoms with van der Waals surface area (Å²) in [6.07, 6.45) is 1.59. The van der Waals surface area contributed by atoms with Crippen molar-refractivity contribution in [1.29, 1.82) is 0 Å². The van der Waals surface area contributed by atoms with Crippen LogP contribution in [0.15, 0.2) is 53.3 Å². The molecular weight excluding hydrogens is 378 g/mol. The normalized spacial score (nSPS) is 21.1. The van der Waals surface area contributed by atoms with Crippen LogP contribution >= 0.6 is 0 Å². The minimum Gasteiger partial charge on any atom is -0.340 e.